The molecule has 106 valence electrons. The van der Waals surface area contributed by atoms with Gasteiger partial charge in [-0.2, -0.15) is 5.10 Å². The fourth-order valence-electron chi connectivity index (χ4n) is 1.40. The van der Waals surface area contributed by atoms with Gasteiger partial charge in [0.1, 0.15) is 11.4 Å². The highest BCUT2D eigenvalue weighted by atomic mass is 19.1. The van der Waals surface area contributed by atoms with Crippen molar-refractivity contribution < 1.29 is 18.7 Å². The lowest BCUT2D eigenvalue weighted by Gasteiger charge is -2.08. The Balaban J connectivity index is 2.05. The number of rotatable bonds is 4. The first-order valence-electron chi connectivity index (χ1n) is 5.49. The van der Waals surface area contributed by atoms with E-state index in [1.807, 2.05) is 0 Å². The molecule has 20 heavy (non-hydrogen) atoms. The molecule has 2 heterocycles. The van der Waals surface area contributed by atoms with Gasteiger partial charge in [0.05, 0.1) is 26.6 Å². The second-order valence-corrected chi connectivity index (χ2v) is 3.60. The first-order chi connectivity index (χ1) is 9.63. The van der Waals surface area contributed by atoms with Gasteiger partial charge in [-0.15, -0.1) is 0 Å². The van der Waals surface area contributed by atoms with Crippen LogP contribution in [0, 0.1) is 5.82 Å². The molecule has 8 nitrogen and oxygen atoms in total. The molecule has 0 aliphatic carbocycles. The summed E-state index contributed by atoms with van der Waals surface area (Å²) in [6.07, 6.45) is 2.65. The van der Waals surface area contributed by atoms with E-state index < -0.39 is 11.8 Å². The smallest absolute Gasteiger partial charge is 0.325 e. The molecule has 0 radical (unpaired) electrons. The van der Waals surface area contributed by atoms with Gasteiger partial charge < -0.3 is 14.8 Å². The summed E-state index contributed by atoms with van der Waals surface area (Å²) in [5.74, 6) is -0.391. The van der Waals surface area contributed by atoms with Crippen LogP contribution >= 0.6 is 0 Å². The van der Waals surface area contributed by atoms with Crippen molar-refractivity contribution in [3.05, 3.63) is 24.3 Å². The van der Waals surface area contributed by atoms with Crippen molar-refractivity contribution in [1.29, 1.82) is 0 Å². The SMILES string of the molecule is COc1cnc(NC(=O)Nc2cn[nH]c2OC)c(F)c1. The number of carbonyl (C=O) groups excluding carboxylic acids is 1. The van der Waals surface area contributed by atoms with Gasteiger partial charge in [-0.05, 0) is 0 Å². The Labute approximate surface area is 113 Å². The van der Waals surface area contributed by atoms with Gasteiger partial charge in [0.15, 0.2) is 11.6 Å². The fourth-order valence-corrected chi connectivity index (χ4v) is 1.40. The molecule has 9 heteroatoms. The molecule has 0 bridgehead atoms. The number of H-pyrrole nitrogens is 1. The molecule has 2 aromatic rings. The number of pyridine rings is 1. The van der Waals surface area contributed by atoms with Crippen molar-refractivity contribution in [2.24, 2.45) is 0 Å². The van der Waals surface area contributed by atoms with Crippen LogP contribution in [0.3, 0.4) is 0 Å². The summed E-state index contributed by atoms with van der Waals surface area (Å²) in [6, 6.07) is 0.433. The highest BCUT2D eigenvalue weighted by molar-refractivity contribution is 5.99. The highest BCUT2D eigenvalue weighted by Gasteiger charge is 2.12. The van der Waals surface area contributed by atoms with E-state index in [9.17, 15) is 9.18 Å². The average molecular weight is 281 g/mol. The largest absolute Gasteiger partial charge is 0.495 e. The van der Waals surface area contributed by atoms with Gasteiger partial charge >= 0.3 is 6.03 Å². The van der Waals surface area contributed by atoms with E-state index in [4.69, 9.17) is 9.47 Å². The third kappa shape index (κ3) is 2.94. The van der Waals surface area contributed by atoms with Crippen LogP contribution < -0.4 is 20.1 Å². The summed E-state index contributed by atoms with van der Waals surface area (Å²) >= 11 is 0. The van der Waals surface area contributed by atoms with Crippen molar-refractivity contribution in [2.45, 2.75) is 0 Å². The Bertz CT molecular complexity index is 616. The molecule has 2 rings (SSSR count). The summed E-state index contributed by atoms with van der Waals surface area (Å²) in [4.78, 5) is 15.4. The third-order valence-electron chi connectivity index (χ3n) is 2.34. The molecule has 3 N–H and O–H groups in total. The molecule has 0 aliphatic heterocycles. The number of hydrogen-bond donors (Lipinski definition) is 3. The normalized spacial score (nSPS) is 9.95. The summed E-state index contributed by atoms with van der Waals surface area (Å²) in [7, 11) is 2.81. The van der Waals surface area contributed by atoms with Gasteiger partial charge in [-0.1, -0.05) is 0 Å². The maximum absolute atomic E-state index is 13.6. The third-order valence-corrected chi connectivity index (χ3v) is 2.34. The summed E-state index contributed by atoms with van der Waals surface area (Å²) in [5.41, 5.74) is 0.318. The van der Waals surface area contributed by atoms with E-state index in [1.165, 1.54) is 26.6 Å². The summed E-state index contributed by atoms with van der Waals surface area (Å²) in [6.45, 7) is 0. The van der Waals surface area contributed by atoms with Crippen LogP contribution in [0.15, 0.2) is 18.5 Å². The Kier molecular flexibility index (Phi) is 3.99. The Morgan fingerprint density at radius 3 is 2.75 bits per heavy atom. The van der Waals surface area contributed by atoms with Gasteiger partial charge in [-0.25, -0.2) is 19.3 Å². The molecule has 0 saturated carbocycles. The summed E-state index contributed by atoms with van der Waals surface area (Å²) in [5, 5.41) is 10.9. The number of ether oxygens (including phenoxy) is 2. The zero-order valence-electron chi connectivity index (χ0n) is 10.7. The maximum Gasteiger partial charge on any atom is 0.325 e. The Morgan fingerprint density at radius 1 is 1.30 bits per heavy atom. The molecule has 0 aromatic carbocycles. The van der Waals surface area contributed by atoms with E-state index in [2.05, 4.69) is 25.8 Å². The number of aromatic nitrogens is 3. The zero-order chi connectivity index (χ0) is 14.5. The van der Waals surface area contributed by atoms with Crippen molar-refractivity contribution in [2.75, 3.05) is 24.9 Å². The second kappa shape index (κ2) is 5.87. The number of aromatic amines is 1. The molecule has 0 saturated heterocycles. The molecule has 0 atom stereocenters. The van der Waals surface area contributed by atoms with Gasteiger partial charge in [-0.3, -0.25) is 5.32 Å². The van der Waals surface area contributed by atoms with Crippen molar-refractivity contribution in [3.63, 3.8) is 0 Å². The average Bonchev–Trinajstić information content (AvgIpc) is 2.88. The van der Waals surface area contributed by atoms with E-state index in [1.54, 1.807) is 0 Å². The number of methoxy groups -OCH3 is 2. The van der Waals surface area contributed by atoms with Crippen LogP contribution in [0.5, 0.6) is 11.6 Å². The van der Waals surface area contributed by atoms with Crippen LogP contribution in [-0.2, 0) is 0 Å². The van der Waals surface area contributed by atoms with E-state index in [0.717, 1.165) is 6.07 Å². The topological polar surface area (TPSA) is 101 Å². The lowest BCUT2D eigenvalue weighted by molar-refractivity contribution is 0.261. The molecule has 0 spiro atoms. The molecule has 0 fully saturated rings. The molecule has 2 aromatic heterocycles. The van der Waals surface area contributed by atoms with Crippen LogP contribution in [0.1, 0.15) is 0 Å². The number of amides is 2. The van der Waals surface area contributed by atoms with Crippen LogP contribution in [-0.4, -0.2) is 35.4 Å². The minimum atomic E-state index is -0.710. The molecular weight excluding hydrogens is 269 g/mol. The minimum Gasteiger partial charge on any atom is -0.495 e. The van der Waals surface area contributed by atoms with Crippen LogP contribution in [0.4, 0.5) is 20.7 Å². The van der Waals surface area contributed by atoms with Gasteiger partial charge in [0, 0.05) is 6.07 Å². The van der Waals surface area contributed by atoms with Gasteiger partial charge in [0.2, 0.25) is 5.88 Å². The number of anilines is 2. The summed E-state index contributed by atoms with van der Waals surface area (Å²) < 4.78 is 23.3. The van der Waals surface area contributed by atoms with Crippen molar-refractivity contribution in [1.82, 2.24) is 15.2 Å². The van der Waals surface area contributed by atoms with E-state index >= 15 is 0 Å². The molecule has 2 amide bonds. The number of nitrogens with zero attached hydrogens (tertiary/aromatic N) is 2. The number of halogens is 1. The lowest BCUT2D eigenvalue weighted by atomic mass is 10.4. The minimum absolute atomic E-state index is 0.217. The Morgan fingerprint density at radius 2 is 2.10 bits per heavy atom. The number of nitrogens with one attached hydrogen (secondary N) is 3. The monoisotopic (exact) mass is 281 g/mol. The van der Waals surface area contributed by atoms with E-state index in [0.29, 0.717) is 5.69 Å². The fraction of sp³-hybridized carbons (Fsp3) is 0.182. The van der Waals surface area contributed by atoms with E-state index in [-0.39, 0.29) is 17.4 Å². The second-order valence-electron chi connectivity index (χ2n) is 3.60. The van der Waals surface area contributed by atoms with Crippen molar-refractivity contribution >= 4 is 17.5 Å². The van der Waals surface area contributed by atoms with Crippen LogP contribution in [0.25, 0.3) is 0 Å². The first-order valence-corrected chi connectivity index (χ1v) is 5.49. The molecular formula is C11H12FN5O3. The number of carbonyl (C=O) groups is 1. The van der Waals surface area contributed by atoms with Gasteiger partial charge in [0.25, 0.3) is 0 Å². The molecule has 0 aliphatic rings. The first kappa shape index (κ1) is 13.6. The van der Waals surface area contributed by atoms with Crippen LogP contribution in [0.2, 0.25) is 0 Å². The van der Waals surface area contributed by atoms with Crippen molar-refractivity contribution in [3.8, 4) is 11.6 Å². The number of hydrogen-bond acceptors (Lipinski definition) is 5. The predicted octanol–water partition coefficient (Wildman–Crippen LogP) is 1.60. The quantitative estimate of drug-likeness (QED) is 0.790. The standard InChI is InChI=1S/C11H12FN5O3/c1-19-6-3-7(12)9(13-4-6)16-11(18)15-8-5-14-17-10(8)20-2/h3-5H,1-2H3,(H,14,17)(H2,13,15,16,18). The highest BCUT2D eigenvalue weighted by Crippen LogP contribution is 2.20. The lowest BCUT2D eigenvalue weighted by Crippen LogP contribution is -2.21. The number of urea groups is 1. The predicted molar refractivity (Wildman–Crippen MR) is 68.5 cm³/mol. The Hall–Kier alpha value is -2.84. The molecule has 0 unspecified atom stereocenters. The maximum atomic E-state index is 13.6. The zero-order valence-corrected chi connectivity index (χ0v) is 10.7.